The van der Waals surface area contributed by atoms with Crippen LogP contribution in [0.3, 0.4) is 0 Å². The van der Waals surface area contributed by atoms with E-state index in [1.165, 1.54) is 18.3 Å². The topological polar surface area (TPSA) is 78.9 Å². The molecule has 0 amide bonds. The number of Topliss-reactive ketones (excluding diaryl/α,β-unsaturated/α-hetero) is 1. The summed E-state index contributed by atoms with van der Waals surface area (Å²) in [6, 6.07) is 6.60. The fourth-order valence-corrected chi connectivity index (χ4v) is 4.98. The Morgan fingerprint density at radius 3 is 2.33 bits per heavy atom. The highest BCUT2D eigenvalue weighted by molar-refractivity contribution is 7.86. The van der Waals surface area contributed by atoms with E-state index in [1.807, 2.05) is 6.92 Å². The lowest BCUT2D eigenvalue weighted by Gasteiger charge is -2.08. The monoisotopic (exact) mass is 454 g/mol. The first-order chi connectivity index (χ1) is 14.3. The Hall–Kier alpha value is -1.90. The summed E-state index contributed by atoms with van der Waals surface area (Å²) in [5.74, 6) is 0.593. The molecule has 0 aliphatic carbocycles. The molecule has 0 saturated heterocycles. The minimum absolute atomic E-state index is 0.0315. The molecule has 0 unspecified atom stereocenters. The number of hydrogen-bond donors (Lipinski definition) is 0. The van der Waals surface area contributed by atoms with Crippen LogP contribution < -0.4 is 9.47 Å². The first-order valence-corrected chi connectivity index (χ1v) is 12.3. The van der Waals surface area contributed by atoms with Crippen LogP contribution in [0.25, 0.3) is 0 Å². The van der Waals surface area contributed by atoms with E-state index in [4.69, 9.17) is 13.7 Å². The van der Waals surface area contributed by atoms with Gasteiger partial charge in [-0.2, -0.15) is 8.42 Å². The van der Waals surface area contributed by atoms with E-state index >= 15 is 0 Å². The highest BCUT2D eigenvalue weighted by Gasteiger charge is 2.22. The van der Waals surface area contributed by atoms with E-state index in [0.29, 0.717) is 23.7 Å². The van der Waals surface area contributed by atoms with Crippen molar-refractivity contribution >= 4 is 27.2 Å². The molecule has 1 aromatic carbocycles. The van der Waals surface area contributed by atoms with E-state index < -0.39 is 10.1 Å². The molecule has 2 aromatic rings. The Labute approximate surface area is 183 Å². The van der Waals surface area contributed by atoms with Crippen molar-refractivity contribution in [2.75, 3.05) is 20.3 Å². The van der Waals surface area contributed by atoms with Crippen molar-refractivity contribution in [3.63, 3.8) is 0 Å². The van der Waals surface area contributed by atoms with Gasteiger partial charge in [-0.3, -0.25) is 8.98 Å². The summed E-state index contributed by atoms with van der Waals surface area (Å²) in [7, 11) is -2.14. The van der Waals surface area contributed by atoms with Crippen molar-refractivity contribution in [2.45, 2.75) is 57.8 Å². The van der Waals surface area contributed by atoms with Crippen LogP contribution >= 0.6 is 11.3 Å². The maximum absolute atomic E-state index is 12.1. The number of methoxy groups -OCH3 is 1. The molecule has 0 saturated carbocycles. The zero-order valence-electron chi connectivity index (χ0n) is 18.0. The van der Waals surface area contributed by atoms with Crippen LogP contribution in [0.15, 0.2) is 29.2 Å². The average molecular weight is 455 g/mol. The molecule has 0 N–H and O–H groups in total. The predicted molar refractivity (Wildman–Crippen MR) is 119 cm³/mol. The lowest BCUT2D eigenvalue weighted by atomic mass is 10.1. The van der Waals surface area contributed by atoms with Crippen LogP contribution in [0.5, 0.6) is 10.8 Å². The summed E-state index contributed by atoms with van der Waals surface area (Å²) in [5.41, 5.74) is 1.94. The van der Waals surface area contributed by atoms with Gasteiger partial charge in [0.05, 0.1) is 25.2 Å². The number of thiophene rings is 1. The lowest BCUT2D eigenvalue weighted by molar-refractivity contribution is 0.101. The van der Waals surface area contributed by atoms with Gasteiger partial charge in [0.15, 0.2) is 10.8 Å². The second-order valence-corrected chi connectivity index (χ2v) is 9.63. The van der Waals surface area contributed by atoms with E-state index in [1.54, 1.807) is 31.4 Å². The molecule has 0 bridgehead atoms. The SMILES string of the molecule is CCCc1c(OCCCCCOS(=O)(=O)c2ccc(C)cc2)sc(C(C)=O)c1OC. The van der Waals surface area contributed by atoms with Gasteiger partial charge in [-0.15, -0.1) is 0 Å². The molecule has 1 heterocycles. The van der Waals surface area contributed by atoms with Crippen molar-refractivity contribution < 1.29 is 26.9 Å². The zero-order chi connectivity index (χ0) is 22.1. The highest BCUT2D eigenvalue weighted by atomic mass is 32.2. The highest BCUT2D eigenvalue weighted by Crippen LogP contribution is 2.42. The van der Waals surface area contributed by atoms with Crippen LogP contribution in [0.1, 0.15) is 60.3 Å². The summed E-state index contributed by atoms with van der Waals surface area (Å²) in [6.45, 7) is 6.12. The lowest BCUT2D eigenvalue weighted by Crippen LogP contribution is -2.08. The second-order valence-electron chi connectivity index (χ2n) is 7.03. The van der Waals surface area contributed by atoms with Gasteiger partial charge in [0.25, 0.3) is 10.1 Å². The molecule has 30 heavy (non-hydrogen) atoms. The van der Waals surface area contributed by atoms with Gasteiger partial charge >= 0.3 is 0 Å². The Balaban J connectivity index is 1.79. The normalized spacial score (nSPS) is 11.5. The van der Waals surface area contributed by atoms with Gasteiger partial charge in [0.1, 0.15) is 10.6 Å². The second kappa shape index (κ2) is 11.5. The van der Waals surface area contributed by atoms with E-state index in [-0.39, 0.29) is 17.3 Å². The Kier molecular flexibility index (Phi) is 9.33. The number of benzene rings is 1. The van der Waals surface area contributed by atoms with Crippen LogP contribution in [-0.2, 0) is 20.7 Å². The van der Waals surface area contributed by atoms with Crippen molar-refractivity contribution in [3.8, 4) is 10.8 Å². The summed E-state index contributed by atoms with van der Waals surface area (Å²) in [6.07, 6.45) is 3.85. The molecule has 0 radical (unpaired) electrons. The zero-order valence-corrected chi connectivity index (χ0v) is 19.7. The van der Waals surface area contributed by atoms with Gasteiger partial charge < -0.3 is 9.47 Å². The maximum atomic E-state index is 12.1. The summed E-state index contributed by atoms with van der Waals surface area (Å²) in [5, 5.41) is 0.733. The van der Waals surface area contributed by atoms with E-state index in [2.05, 4.69) is 6.92 Å². The van der Waals surface area contributed by atoms with E-state index in [0.717, 1.165) is 41.9 Å². The molecule has 6 nitrogen and oxygen atoms in total. The largest absolute Gasteiger partial charge is 0.495 e. The maximum Gasteiger partial charge on any atom is 0.296 e. The predicted octanol–water partition coefficient (Wildman–Crippen LogP) is 5.17. The molecule has 0 atom stereocenters. The molecule has 0 fully saturated rings. The van der Waals surface area contributed by atoms with Gasteiger partial charge in [-0.1, -0.05) is 42.4 Å². The fraction of sp³-hybridized carbons (Fsp3) is 0.500. The minimum Gasteiger partial charge on any atom is -0.495 e. The number of ketones is 1. The van der Waals surface area contributed by atoms with Crippen molar-refractivity contribution in [3.05, 3.63) is 40.3 Å². The molecule has 0 aliphatic rings. The molecule has 166 valence electrons. The Bertz CT molecular complexity index is 929. The van der Waals surface area contributed by atoms with Crippen molar-refractivity contribution in [2.24, 2.45) is 0 Å². The summed E-state index contributed by atoms with van der Waals surface area (Å²) < 4.78 is 40.8. The minimum atomic E-state index is -3.71. The molecule has 0 aliphatic heterocycles. The number of aryl methyl sites for hydroxylation is 1. The van der Waals surface area contributed by atoms with Crippen molar-refractivity contribution in [1.29, 1.82) is 0 Å². The van der Waals surface area contributed by atoms with Crippen LogP contribution in [0, 0.1) is 6.92 Å². The quantitative estimate of drug-likeness (QED) is 0.236. The Morgan fingerprint density at radius 1 is 1.07 bits per heavy atom. The first-order valence-electron chi connectivity index (χ1n) is 10.1. The average Bonchev–Trinajstić information content (AvgIpc) is 3.05. The standard InChI is InChI=1S/C22H30O6S2/c1-5-9-19-20(26-4)21(17(3)23)29-22(19)27-14-7-6-8-15-28-30(24,25)18-12-10-16(2)11-13-18/h10-13H,5-9,14-15H2,1-4H3. The number of hydrogen-bond acceptors (Lipinski definition) is 7. The first kappa shape index (κ1) is 24.4. The van der Waals surface area contributed by atoms with Gasteiger partial charge in [-0.25, -0.2) is 0 Å². The van der Waals surface area contributed by atoms with Crippen LogP contribution in [0.2, 0.25) is 0 Å². The molecule has 1 aromatic heterocycles. The smallest absolute Gasteiger partial charge is 0.296 e. The molecular formula is C22H30O6S2. The van der Waals surface area contributed by atoms with Crippen LogP contribution in [-0.4, -0.2) is 34.5 Å². The number of ether oxygens (including phenoxy) is 2. The molecule has 8 heteroatoms. The number of rotatable bonds is 13. The fourth-order valence-electron chi connectivity index (χ4n) is 2.95. The summed E-state index contributed by atoms with van der Waals surface area (Å²) >= 11 is 1.33. The van der Waals surface area contributed by atoms with Crippen molar-refractivity contribution in [1.82, 2.24) is 0 Å². The molecule has 0 spiro atoms. The third kappa shape index (κ3) is 6.55. The summed E-state index contributed by atoms with van der Waals surface area (Å²) in [4.78, 5) is 12.6. The van der Waals surface area contributed by atoms with Gasteiger partial charge in [-0.05, 0) is 44.7 Å². The number of unbranched alkanes of at least 4 members (excludes halogenated alkanes) is 2. The van der Waals surface area contributed by atoms with Gasteiger partial charge in [0.2, 0.25) is 0 Å². The molecule has 2 rings (SSSR count). The third-order valence-electron chi connectivity index (χ3n) is 4.52. The van der Waals surface area contributed by atoms with E-state index in [9.17, 15) is 13.2 Å². The number of carbonyl (C=O) groups is 1. The van der Waals surface area contributed by atoms with Gasteiger partial charge in [0, 0.05) is 12.5 Å². The van der Waals surface area contributed by atoms with Crippen LogP contribution in [0.4, 0.5) is 0 Å². The number of carbonyl (C=O) groups excluding carboxylic acids is 1. The molecular weight excluding hydrogens is 424 g/mol. The third-order valence-corrected chi connectivity index (χ3v) is 7.07. The Morgan fingerprint density at radius 2 is 1.73 bits per heavy atom.